The van der Waals surface area contributed by atoms with E-state index in [9.17, 15) is 14.4 Å². The number of amides is 4. The second-order valence-corrected chi connectivity index (χ2v) is 5.14. The molecule has 0 bridgehead atoms. The summed E-state index contributed by atoms with van der Waals surface area (Å²) in [5.74, 6) is -1.40. The second-order valence-electron chi connectivity index (χ2n) is 5.14. The van der Waals surface area contributed by atoms with Gasteiger partial charge in [0.2, 0.25) is 11.8 Å². The molecular weight excluding hydrogens is 232 g/mol. The molecule has 2 aliphatic rings. The number of barbiturate groups is 1. The van der Waals surface area contributed by atoms with Gasteiger partial charge in [-0.05, 0) is 19.3 Å². The molecule has 1 N–H and O–H groups in total. The van der Waals surface area contributed by atoms with Crippen molar-refractivity contribution in [3.63, 3.8) is 0 Å². The Morgan fingerprint density at radius 1 is 1.17 bits per heavy atom. The van der Waals surface area contributed by atoms with Gasteiger partial charge in [-0.3, -0.25) is 19.8 Å². The topological polar surface area (TPSA) is 66.5 Å². The van der Waals surface area contributed by atoms with Crippen LogP contribution in [0, 0.1) is 5.92 Å². The van der Waals surface area contributed by atoms with Crippen LogP contribution < -0.4 is 5.32 Å². The molecule has 0 aromatic carbocycles. The number of urea groups is 1. The highest BCUT2D eigenvalue weighted by atomic mass is 16.2. The van der Waals surface area contributed by atoms with Crippen LogP contribution in [0.25, 0.3) is 0 Å². The Balaban J connectivity index is 2.14. The molecule has 2 fully saturated rings. The van der Waals surface area contributed by atoms with Gasteiger partial charge in [0.15, 0.2) is 0 Å². The van der Waals surface area contributed by atoms with Crippen molar-refractivity contribution >= 4 is 17.8 Å². The van der Waals surface area contributed by atoms with Crippen LogP contribution in [0.15, 0.2) is 0 Å². The predicted molar refractivity (Wildman–Crippen MR) is 65.7 cm³/mol. The first-order valence-corrected chi connectivity index (χ1v) is 6.83. The number of hydrogen-bond donors (Lipinski definition) is 1. The molecule has 1 aliphatic carbocycles. The number of hydrogen-bond acceptors (Lipinski definition) is 3. The number of imide groups is 2. The number of carbonyl (C=O) groups is 3. The Labute approximate surface area is 107 Å². The molecule has 5 heteroatoms. The van der Waals surface area contributed by atoms with E-state index in [0.717, 1.165) is 38.5 Å². The Hall–Kier alpha value is -1.39. The van der Waals surface area contributed by atoms with Crippen molar-refractivity contribution in [1.29, 1.82) is 0 Å². The van der Waals surface area contributed by atoms with Gasteiger partial charge in [0.1, 0.15) is 5.92 Å². The van der Waals surface area contributed by atoms with E-state index >= 15 is 0 Å². The zero-order valence-electron chi connectivity index (χ0n) is 10.8. The smallest absolute Gasteiger partial charge is 0.277 e. The average Bonchev–Trinajstić information content (AvgIpc) is 2.35. The van der Waals surface area contributed by atoms with Crippen LogP contribution in [0.3, 0.4) is 0 Å². The van der Waals surface area contributed by atoms with Crippen LogP contribution in [0.1, 0.15) is 51.9 Å². The summed E-state index contributed by atoms with van der Waals surface area (Å²) in [5, 5.41) is 2.32. The summed E-state index contributed by atoms with van der Waals surface area (Å²) in [6, 6.07) is -0.539. The molecule has 1 heterocycles. The molecule has 1 saturated heterocycles. The van der Waals surface area contributed by atoms with E-state index in [1.54, 1.807) is 0 Å². The van der Waals surface area contributed by atoms with Gasteiger partial charge in [-0.1, -0.05) is 32.6 Å². The standard InChI is InChI=1S/C13H20N2O3/c1-2-6-10-11(16)14-13(18)15(12(10)17)9-7-4-3-5-8-9/h9-10H,2-8H2,1H3,(H,14,16,18). The van der Waals surface area contributed by atoms with E-state index in [4.69, 9.17) is 0 Å². The quantitative estimate of drug-likeness (QED) is 0.779. The summed E-state index contributed by atoms with van der Waals surface area (Å²) in [5.41, 5.74) is 0. The Morgan fingerprint density at radius 2 is 1.83 bits per heavy atom. The third-order valence-electron chi connectivity index (χ3n) is 3.82. The molecule has 100 valence electrons. The molecular formula is C13H20N2O3. The maximum atomic E-state index is 12.3. The zero-order valence-corrected chi connectivity index (χ0v) is 10.8. The van der Waals surface area contributed by atoms with E-state index < -0.39 is 17.9 Å². The highest BCUT2D eigenvalue weighted by Crippen LogP contribution is 2.26. The van der Waals surface area contributed by atoms with Crippen molar-refractivity contribution in [3.8, 4) is 0 Å². The first-order chi connectivity index (χ1) is 8.65. The van der Waals surface area contributed by atoms with Gasteiger partial charge in [-0.25, -0.2) is 4.79 Å². The summed E-state index contributed by atoms with van der Waals surface area (Å²) in [6.07, 6.45) is 6.27. The molecule has 0 spiro atoms. The Morgan fingerprint density at radius 3 is 2.44 bits per heavy atom. The van der Waals surface area contributed by atoms with Crippen molar-refractivity contribution in [2.75, 3.05) is 0 Å². The van der Waals surface area contributed by atoms with Crippen molar-refractivity contribution in [1.82, 2.24) is 10.2 Å². The van der Waals surface area contributed by atoms with Gasteiger partial charge in [0.05, 0.1) is 0 Å². The molecule has 4 amide bonds. The number of nitrogens with one attached hydrogen (secondary N) is 1. The Kier molecular flexibility index (Phi) is 3.99. The maximum Gasteiger partial charge on any atom is 0.331 e. The highest BCUT2D eigenvalue weighted by Gasteiger charge is 2.42. The third kappa shape index (κ3) is 2.40. The predicted octanol–water partition coefficient (Wildman–Crippen LogP) is 1.81. The van der Waals surface area contributed by atoms with Crippen molar-refractivity contribution in [2.24, 2.45) is 5.92 Å². The van der Waals surface area contributed by atoms with Crippen molar-refractivity contribution in [3.05, 3.63) is 0 Å². The number of rotatable bonds is 3. The van der Waals surface area contributed by atoms with Crippen LogP contribution in [-0.2, 0) is 9.59 Å². The van der Waals surface area contributed by atoms with E-state index in [1.165, 1.54) is 4.90 Å². The van der Waals surface area contributed by atoms with E-state index in [-0.39, 0.29) is 11.9 Å². The third-order valence-corrected chi connectivity index (χ3v) is 3.82. The van der Waals surface area contributed by atoms with Crippen LogP contribution in [0.2, 0.25) is 0 Å². The summed E-state index contributed by atoms with van der Waals surface area (Å²) >= 11 is 0. The number of nitrogens with zero attached hydrogens (tertiary/aromatic N) is 1. The molecule has 1 atom stereocenters. The molecule has 1 aliphatic heterocycles. The SMILES string of the molecule is CCCC1C(=O)NC(=O)N(C2CCCCC2)C1=O. The molecule has 0 radical (unpaired) electrons. The first kappa shape index (κ1) is 13.1. The van der Waals surface area contributed by atoms with Gasteiger partial charge in [0.25, 0.3) is 0 Å². The van der Waals surface area contributed by atoms with Crippen molar-refractivity contribution in [2.45, 2.75) is 57.9 Å². The molecule has 1 unspecified atom stereocenters. The molecule has 1 saturated carbocycles. The molecule has 18 heavy (non-hydrogen) atoms. The Bertz CT molecular complexity index is 361. The largest absolute Gasteiger partial charge is 0.331 e. The van der Waals surface area contributed by atoms with Crippen LogP contribution >= 0.6 is 0 Å². The number of carbonyl (C=O) groups excluding carboxylic acids is 3. The van der Waals surface area contributed by atoms with E-state index in [1.807, 2.05) is 6.92 Å². The minimum absolute atomic E-state index is 0.0151. The van der Waals surface area contributed by atoms with Crippen LogP contribution in [-0.4, -0.2) is 28.8 Å². The summed E-state index contributed by atoms with van der Waals surface area (Å²) in [6.45, 7) is 1.93. The highest BCUT2D eigenvalue weighted by molar-refractivity contribution is 6.16. The van der Waals surface area contributed by atoms with Crippen LogP contribution in [0.5, 0.6) is 0 Å². The summed E-state index contributed by atoms with van der Waals surface area (Å²) in [7, 11) is 0. The molecule has 2 rings (SSSR count). The fourth-order valence-corrected chi connectivity index (χ4v) is 2.86. The molecule has 5 nitrogen and oxygen atoms in total. The zero-order chi connectivity index (χ0) is 13.1. The first-order valence-electron chi connectivity index (χ1n) is 6.83. The lowest BCUT2D eigenvalue weighted by atomic mass is 9.91. The van der Waals surface area contributed by atoms with Gasteiger partial charge >= 0.3 is 6.03 Å². The summed E-state index contributed by atoms with van der Waals surface area (Å²) in [4.78, 5) is 37.1. The van der Waals surface area contributed by atoms with Gasteiger partial charge in [-0.15, -0.1) is 0 Å². The lowest BCUT2D eigenvalue weighted by Crippen LogP contribution is -2.61. The molecule has 0 aromatic rings. The van der Waals surface area contributed by atoms with Gasteiger partial charge in [-0.2, -0.15) is 0 Å². The second kappa shape index (κ2) is 5.50. The average molecular weight is 252 g/mol. The minimum atomic E-state index is -0.672. The fourth-order valence-electron chi connectivity index (χ4n) is 2.86. The maximum absolute atomic E-state index is 12.3. The fraction of sp³-hybridized carbons (Fsp3) is 0.769. The van der Waals surface area contributed by atoms with Gasteiger partial charge in [0, 0.05) is 6.04 Å². The normalized spacial score (nSPS) is 26.4. The van der Waals surface area contributed by atoms with Gasteiger partial charge < -0.3 is 0 Å². The monoisotopic (exact) mass is 252 g/mol. The van der Waals surface area contributed by atoms with Crippen molar-refractivity contribution < 1.29 is 14.4 Å². The lowest BCUT2D eigenvalue weighted by molar-refractivity contribution is -0.144. The summed E-state index contributed by atoms with van der Waals surface area (Å²) < 4.78 is 0. The van der Waals surface area contributed by atoms with E-state index in [2.05, 4.69) is 5.32 Å². The van der Waals surface area contributed by atoms with Crippen LogP contribution in [0.4, 0.5) is 4.79 Å². The molecule has 0 aromatic heterocycles. The minimum Gasteiger partial charge on any atom is -0.277 e. The lowest BCUT2D eigenvalue weighted by Gasteiger charge is -2.37. The van der Waals surface area contributed by atoms with E-state index in [0.29, 0.717) is 6.42 Å².